The van der Waals surface area contributed by atoms with Gasteiger partial charge in [0.1, 0.15) is 0 Å². The maximum atomic E-state index is 10.4. The Morgan fingerprint density at radius 3 is 2.81 bits per heavy atom. The van der Waals surface area contributed by atoms with Crippen LogP contribution in [0.5, 0.6) is 0 Å². The summed E-state index contributed by atoms with van der Waals surface area (Å²) < 4.78 is 0. The van der Waals surface area contributed by atoms with E-state index in [4.69, 9.17) is 6.42 Å². The van der Waals surface area contributed by atoms with Crippen LogP contribution in [0.3, 0.4) is 0 Å². The Labute approximate surface area is 129 Å². The highest BCUT2D eigenvalue weighted by atomic mass is 16.3. The van der Waals surface area contributed by atoms with Gasteiger partial charge in [-0.3, -0.25) is 0 Å². The Bertz CT molecular complexity index is 441. The normalized spacial score (nSPS) is 37.0. The molecule has 0 radical (unpaired) electrons. The Kier molecular flexibility index (Phi) is 5.85. The van der Waals surface area contributed by atoms with Crippen LogP contribution in [0.1, 0.15) is 44.9 Å². The van der Waals surface area contributed by atoms with E-state index in [1.165, 1.54) is 12.8 Å². The molecule has 2 fully saturated rings. The van der Waals surface area contributed by atoms with E-state index in [0.29, 0.717) is 6.04 Å². The van der Waals surface area contributed by atoms with Gasteiger partial charge in [0.15, 0.2) is 0 Å². The first-order valence-corrected chi connectivity index (χ1v) is 8.08. The predicted molar refractivity (Wildman–Crippen MR) is 88.8 cm³/mol. The number of piperidine rings is 1. The van der Waals surface area contributed by atoms with Gasteiger partial charge in [-0.25, -0.2) is 0 Å². The van der Waals surface area contributed by atoms with Gasteiger partial charge in [0.25, 0.3) is 0 Å². The van der Waals surface area contributed by atoms with Gasteiger partial charge in [-0.15, -0.1) is 6.42 Å². The zero-order valence-corrected chi connectivity index (χ0v) is 12.8. The van der Waals surface area contributed by atoms with Crippen LogP contribution in [0.4, 0.5) is 0 Å². The average Bonchev–Trinajstić information content (AvgIpc) is 2.47. The molecule has 4 unspecified atom stereocenters. The van der Waals surface area contributed by atoms with Crippen LogP contribution < -0.4 is 5.32 Å². The van der Waals surface area contributed by atoms with E-state index in [1.807, 2.05) is 18.2 Å². The minimum atomic E-state index is -0.279. The van der Waals surface area contributed by atoms with E-state index in [0.717, 1.165) is 32.1 Å². The largest absolute Gasteiger partial charge is 0.392 e. The Balaban J connectivity index is 2.12. The fraction of sp³-hybridized carbons (Fsp3) is 0.579. The molecular formula is C19H27NO. The van der Waals surface area contributed by atoms with Gasteiger partial charge in [-0.2, -0.15) is 0 Å². The summed E-state index contributed by atoms with van der Waals surface area (Å²) in [5.41, 5.74) is 0.0238. The summed E-state index contributed by atoms with van der Waals surface area (Å²) in [6, 6.07) is 0.488. The molecular weight excluding hydrogens is 258 g/mol. The lowest BCUT2D eigenvalue weighted by Crippen LogP contribution is -2.61. The van der Waals surface area contributed by atoms with Crippen molar-refractivity contribution in [3.8, 4) is 12.3 Å². The molecule has 1 spiro atoms. The molecule has 0 amide bonds. The number of aliphatic hydroxyl groups excluding tert-OH is 1. The molecule has 0 aromatic rings. The van der Waals surface area contributed by atoms with Gasteiger partial charge in [0.05, 0.1) is 6.10 Å². The van der Waals surface area contributed by atoms with Crippen molar-refractivity contribution in [2.45, 2.75) is 62.6 Å². The topological polar surface area (TPSA) is 32.3 Å². The van der Waals surface area contributed by atoms with E-state index in [1.54, 1.807) is 6.08 Å². The summed E-state index contributed by atoms with van der Waals surface area (Å²) >= 11 is 0. The number of terminal acetylenes is 1. The standard InChI is InChI=1S/C19H27NO/c1-3-5-7-10-16-11-8-14-19(20-16)15-9-13-18(21)17(19)12-6-4-2/h2-3,5-7,12,16-18,20-21H,1,8-11,13-15H2/b7-5+,12-6+. The average molecular weight is 285 g/mol. The summed E-state index contributed by atoms with van der Waals surface area (Å²) in [6.45, 7) is 3.71. The number of hydrogen-bond acceptors (Lipinski definition) is 2. The molecule has 2 rings (SSSR count). The molecule has 4 atom stereocenters. The van der Waals surface area contributed by atoms with Crippen molar-refractivity contribution in [2.75, 3.05) is 0 Å². The number of nitrogens with one attached hydrogen (secondary N) is 1. The summed E-state index contributed by atoms with van der Waals surface area (Å²) in [6.07, 6.45) is 22.5. The number of hydrogen-bond donors (Lipinski definition) is 2. The van der Waals surface area contributed by atoms with Crippen LogP contribution in [-0.2, 0) is 0 Å². The van der Waals surface area contributed by atoms with Crippen molar-refractivity contribution in [1.29, 1.82) is 0 Å². The SMILES string of the molecule is C#C/C=C/C1C(O)CCCC12CCCC(C/C=C/C=C)N2. The Morgan fingerprint density at radius 1 is 1.33 bits per heavy atom. The van der Waals surface area contributed by atoms with Crippen LogP contribution >= 0.6 is 0 Å². The smallest absolute Gasteiger partial charge is 0.0620 e. The van der Waals surface area contributed by atoms with Gasteiger partial charge in [0.2, 0.25) is 0 Å². The van der Waals surface area contributed by atoms with Gasteiger partial charge < -0.3 is 10.4 Å². The Morgan fingerprint density at radius 2 is 2.10 bits per heavy atom. The van der Waals surface area contributed by atoms with Gasteiger partial charge in [-0.05, 0) is 44.6 Å². The van der Waals surface area contributed by atoms with Crippen LogP contribution in [-0.4, -0.2) is 22.8 Å². The predicted octanol–water partition coefficient (Wildman–Crippen LogP) is 3.35. The van der Waals surface area contributed by atoms with E-state index in [2.05, 4.69) is 23.9 Å². The monoisotopic (exact) mass is 285 g/mol. The zero-order chi connectivity index (χ0) is 15.1. The Hall–Kier alpha value is -1.30. The summed E-state index contributed by atoms with van der Waals surface area (Å²) in [7, 11) is 0. The molecule has 0 bridgehead atoms. The maximum absolute atomic E-state index is 10.4. The van der Waals surface area contributed by atoms with Crippen molar-refractivity contribution in [3.63, 3.8) is 0 Å². The molecule has 1 heterocycles. The highest BCUT2D eigenvalue weighted by Crippen LogP contribution is 2.41. The van der Waals surface area contributed by atoms with E-state index >= 15 is 0 Å². The molecule has 2 aliphatic rings. The summed E-state index contributed by atoms with van der Waals surface area (Å²) in [4.78, 5) is 0. The molecule has 114 valence electrons. The van der Waals surface area contributed by atoms with Gasteiger partial charge in [-0.1, -0.05) is 43.2 Å². The lowest BCUT2D eigenvalue weighted by molar-refractivity contribution is 0.00393. The number of aliphatic hydroxyl groups is 1. The molecule has 1 saturated heterocycles. The molecule has 0 aromatic heterocycles. The zero-order valence-electron chi connectivity index (χ0n) is 12.8. The van der Waals surface area contributed by atoms with E-state index in [-0.39, 0.29) is 17.6 Å². The van der Waals surface area contributed by atoms with E-state index < -0.39 is 0 Å². The second-order valence-electron chi connectivity index (χ2n) is 6.30. The second kappa shape index (κ2) is 7.64. The quantitative estimate of drug-likeness (QED) is 0.613. The molecule has 2 nitrogen and oxygen atoms in total. The summed E-state index contributed by atoms with van der Waals surface area (Å²) in [5.74, 6) is 2.70. The third-order valence-corrected chi connectivity index (χ3v) is 4.93. The third-order valence-electron chi connectivity index (χ3n) is 4.93. The first-order valence-electron chi connectivity index (χ1n) is 8.08. The lowest BCUT2D eigenvalue weighted by Gasteiger charge is -2.51. The van der Waals surface area contributed by atoms with Gasteiger partial charge >= 0.3 is 0 Å². The molecule has 21 heavy (non-hydrogen) atoms. The van der Waals surface area contributed by atoms with E-state index in [9.17, 15) is 5.11 Å². The number of rotatable bonds is 4. The highest BCUT2D eigenvalue weighted by molar-refractivity contribution is 5.17. The van der Waals surface area contributed by atoms with Crippen LogP contribution in [0.25, 0.3) is 0 Å². The highest BCUT2D eigenvalue weighted by Gasteiger charge is 2.45. The molecule has 1 aliphatic heterocycles. The maximum Gasteiger partial charge on any atom is 0.0620 e. The van der Waals surface area contributed by atoms with Crippen LogP contribution in [0, 0.1) is 18.3 Å². The minimum absolute atomic E-state index is 0.0238. The minimum Gasteiger partial charge on any atom is -0.392 e. The number of allylic oxidation sites excluding steroid dienone is 3. The van der Waals surface area contributed by atoms with Crippen LogP contribution in [0.15, 0.2) is 37.0 Å². The van der Waals surface area contributed by atoms with Crippen molar-refractivity contribution < 1.29 is 5.11 Å². The molecule has 1 aliphatic carbocycles. The van der Waals surface area contributed by atoms with Crippen molar-refractivity contribution >= 4 is 0 Å². The van der Waals surface area contributed by atoms with Gasteiger partial charge in [0, 0.05) is 17.5 Å². The van der Waals surface area contributed by atoms with Crippen LogP contribution in [0.2, 0.25) is 0 Å². The fourth-order valence-electron chi connectivity index (χ4n) is 4.00. The molecule has 0 aromatic carbocycles. The second-order valence-corrected chi connectivity index (χ2v) is 6.30. The molecule has 1 saturated carbocycles. The first kappa shape index (κ1) is 16.1. The third kappa shape index (κ3) is 3.87. The van der Waals surface area contributed by atoms with Crippen molar-refractivity contribution in [2.24, 2.45) is 5.92 Å². The van der Waals surface area contributed by atoms with Crippen molar-refractivity contribution in [1.82, 2.24) is 5.32 Å². The fourth-order valence-corrected chi connectivity index (χ4v) is 4.00. The lowest BCUT2D eigenvalue weighted by atomic mass is 9.66. The molecule has 2 N–H and O–H groups in total. The first-order chi connectivity index (χ1) is 10.2. The summed E-state index contributed by atoms with van der Waals surface area (Å²) in [5, 5.41) is 14.3. The molecule has 2 heteroatoms. The van der Waals surface area contributed by atoms with Crippen molar-refractivity contribution in [3.05, 3.63) is 37.0 Å².